The van der Waals surface area contributed by atoms with Gasteiger partial charge in [-0.2, -0.15) is 18.3 Å². The summed E-state index contributed by atoms with van der Waals surface area (Å²) < 4.78 is 82.8. The lowest BCUT2D eigenvalue weighted by molar-refractivity contribution is -0.137. The Morgan fingerprint density at radius 3 is 2.36 bits per heavy atom. The van der Waals surface area contributed by atoms with Gasteiger partial charge < -0.3 is 5.32 Å². The van der Waals surface area contributed by atoms with E-state index in [1.165, 1.54) is 39.9 Å². The highest BCUT2D eigenvalue weighted by atomic mass is 32.2. The van der Waals surface area contributed by atoms with E-state index in [1.807, 2.05) is 0 Å². The number of hydrogen-bond acceptors (Lipinski definition) is 5. The first-order valence-electron chi connectivity index (χ1n) is 13.7. The van der Waals surface area contributed by atoms with Crippen molar-refractivity contribution in [2.75, 3.05) is 11.4 Å². The Kier molecular flexibility index (Phi) is 8.63. The molecule has 4 aromatic rings. The van der Waals surface area contributed by atoms with Crippen molar-refractivity contribution < 1.29 is 35.6 Å². The SMILES string of the molecule is C=CS(=O)(=O)NCc1nn(-c2ccccc2)c2c1C(c1ccc(F)cc1)C(NC(=O)c1cccc(C(F)(F)F)c1)C(=O)N2CC. The van der Waals surface area contributed by atoms with E-state index in [2.05, 4.69) is 21.7 Å². The van der Waals surface area contributed by atoms with Crippen LogP contribution in [-0.4, -0.2) is 42.6 Å². The minimum absolute atomic E-state index is 0.0915. The number of sulfonamides is 1. The van der Waals surface area contributed by atoms with Crippen LogP contribution in [0.2, 0.25) is 0 Å². The van der Waals surface area contributed by atoms with Gasteiger partial charge in [-0.1, -0.05) is 43.0 Å². The number of fused-ring (bicyclic) bond motifs is 1. The summed E-state index contributed by atoms with van der Waals surface area (Å²) in [5.74, 6) is -2.88. The number of aromatic nitrogens is 2. The molecular formula is C31H27F4N5O4S. The highest BCUT2D eigenvalue weighted by Crippen LogP contribution is 2.44. The molecule has 0 saturated carbocycles. The third-order valence-corrected chi connectivity index (χ3v) is 8.34. The molecule has 0 saturated heterocycles. The molecule has 2 heterocycles. The molecule has 0 radical (unpaired) electrons. The number of halogens is 4. The van der Waals surface area contributed by atoms with Gasteiger partial charge in [-0.25, -0.2) is 22.2 Å². The number of carbonyl (C=O) groups is 2. The minimum Gasteiger partial charge on any atom is -0.339 e. The van der Waals surface area contributed by atoms with Gasteiger partial charge in [-0.05, 0) is 55.0 Å². The summed E-state index contributed by atoms with van der Waals surface area (Å²) in [7, 11) is -3.93. The maximum atomic E-state index is 14.2. The van der Waals surface area contributed by atoms with Crippen molar-refractivity contribution in [3.8, 4) is 5.69 Å². The molecule has 9 nitrogen and oxygen atoms in total. The van der Waals surface area contributed by atoms with Crippen LogP contribution in [0.3, 0.4) is 0 Å². The minimum atomic E-state index is -4.71. The van der Waals surface area contributed by atoms with E-state index in [-0.39, 0.29) is 24.3 Å². The smallest absolute Gasteiger partial charge is 0.339 e. The lowest BCUT2D eigenvalue weighted by atomic mass is 9.80. The van der Waals surface area contributed by atoms with Crippen LogP contribution < -0.4 is 14.9 Å². The summed E-state index contributed by atoms with van der Waals surface area (Å²) in [6, 6.07) is 16.3. The average molecular weight is 642 g/mol. The molecular weight excluding hydrogens is 614 g/mol. The normalized spacial score (nSPS) is 16.7. The molecule has 2 N–H and O–H groups in total. The number of likely N-dealkylation sites (N-methyl/N-ethyl adjacent to an activating group) is 1. The number of hydrogen-bond donors (Lipinski definition) is 2. The summed E-state index contributed by atoms with van der Waals surface area (Å²) in [5, 5.41) is 8.02. The molecule has 0 aliphatic carbocycles. The fourth-order valence-corrected chi connectivity index (χ4v) is 5.73. The zero-order valence-electron chi connectivity index (χ0n) is 23.8. The van der Waals surface area contributed by atoms with E-state index < -0.39 is 51.4 Å². The van der Waals surface area contributed by atoms with Crippen molar-refractivity contribution in [2.24, 2.45) is 0 Å². The molecule has 234 valence electrons. The molecule has 2 unspecified atom stereocenters. The Labute approximate surface area is 256 Å². The number of amides is 2. The fraction of sp³-hybridized carbons (Fsp3) is 0.194. The number of rotatable bonds is 9. The molecule has 1 aliphatic heterocycles. The summed E-state index contributed by atoms with van der Waals surface area (Å²) in [5.41, 5.74) is 0.0893. The second-order valence-electron chi connectivity index (χ2n) is 10.1. The van der Waals surface area contributed by atoms with E-state index in [0.29, 0.717) is 28.7 Å². The van der Waals surface area contributed by atoms with Gasteiger partial charge in [0.25, 0.3) is 11.8 Å². The Bertz CT molecular complexity index is 1860. The topological polar surface area (TPSA) is 113 Å². The highest BCUT2D eigenvalue weighted by Gasteiger charge is 2.46. The predicted molar refractivity (Wildman–Crippen MR) is 158 cm³/mol. The maximum absolute atomic E-state index is 14.2. The third kappa shape index (κ3) is 6.37. The van der Waals surface area contributed by atoms with Crippen LogP contribution in [-0.2, 0) is 27.5 Å². The number of alkyl halides is 3. The van der Waals surface area contributed by atoms with E-state index >= 15 is 0 Å². The fourth-order valence-electron chi connectivity index (χ4n) is 5.27. The molecule has 1 aromatic heterocycles. The first kappa shape index (κ1) is 31.6. The zero-order chi connectivity index (χ0) is 32.5. The Balaban J connectivity index is 1.71. The van der Waals surface area contributed by atoms with Gasteiger partial charge in [0.15, 0.2) is 0 Å². The summed E-state index contributed by atoms with van der Waals surface area (Å²) in [4.78, 5) is 29.0. The summed E-state index contributed by atoms with van der Waals surface area (Å²) in [6.07, 6.45) is -4.71. The second-order valence-corrected chi connectivity index (χ2v) is 11.8. The molecule has 0 fully saturated rings. The number of nitrogens with zero attached hydrogens (tertiary/aromatic N) is 3. The number of nitrogens with one attached hydrogen (secondary N) is 2. The summed E-state index contributed by atoms with van der Waals surface area (Å²) in [6.45, 7) is 4.74. The van der Waals surface area contributed by atoms with Crippen molar-refractivity contribution in [3.05, 3.63) is 125 Å². The number of benzene rings is 3. The first-order valence-corrected chi connectivity index (χ1v) is 15.2. The molecule has 2 atom stereocenters. The Morgan fingerprint density at radius 2 is 1.73 bits per heavy atom. The van der Waals surface area contributed by atoms with E-state index in [1.54, 1.807) is 37.3 Å². The van der Waals surface area contributed by atoms with Crippen LogP contribution in [0.1, 0.15) is 45.6 Å². The lowest BCUT2D eigenvalue weighted by Crippen LogP contribution is -2.55. The molecule has 3 aromatic carbocycles. The van der Waals surface area contributed by atoms with Gasteiger partial charge in [0.2, 0.25) is 10.0 Å². The molecule has 14 heteroatoms. The largest absolute Gasteiger partial charge is 0.416 e. The first-order chi connectivity index (χ1) is 21.3. The van der Waals surface area contributed by atoms with Crippen LogP contribution >= 0.6 is 0 Å². The number of anilines is 1. The van der Waals surface area contributed by atoms with Crippen LogP contribution in [0.4, 0.5) is 23.4 Å². The highest BCUT2D eigenvalue weighted by molar-refractivity contribution is 7.92. The van der Waals surface area contributed by atoms with Crippen molar-refractivity contribution in [1.82, 2.24) is 19.8 Å². The van der Waals surface area contributed by atoms with Crippen molar-refractivity contribution in [1.29, 1.82) is 0 Å². The third-order valence-electron chi connectivity index (χ3n) is 7.35. The number of carbonyl (C=O) groups excluding carboxylic acids is 2. The molecule has 2 amide bonds. The van der Waals surface area contributed by atoms with Crippen LogP contribution in [0.5, 0.6) is 0 Å². The quantitative estimate of drug-likeness (QED) is 0.253. The van der Waals surface area contributed by atoms with Crippen LogP contribution in [0.15, 0.2) is 90.8 Å². The number of para-hydroxylation sites is 1. The average Bonchev–Trinajstić information content (AvgIpc) is 3.40. The van der Waals surface area contributed by atoms with Gasteiger partial charge >= 0.3 is 6.18 Å². The molecule has 5 rings (SSSR count). The second kappa shape index (κ2) is 12.3. The zero-order valence-corrected chi connectivity index (χ0v) is 24.6. The molecule has 1 aliphatic rings. The van der Waals surface area contributed by atoms with Crippen LogP contribution in [0, 0.1) is 5.82 Å². The van der Waals surface area contributed by atoms with Crippen molar-refractivity contribution in [3.63, 3.8) is 0 Å². The maximum Gasteiger partial charge on any atom is 0.416 e. The standard InChI is InChI=1S/C31H27F4N5O4S/c1-3-39-29-26(24(18-36-45(43,44)4-2)38-40(29)23-11-6-5-7-12-23)25(19-13-15-22(32)16-14-19)27(30(39)42)37-28(41)20-9-8-10-21(17-20)31(33,34)35/h4-17,25,27,36H,2-3,18H2,1H3,(H,37,41). The Hall–Kier alpha value is -4.82. The van der Waals surface area contributed by atoms with E-state index in [9.17, 15) is 35.6 Å². The summed E-state index contributed by atoms with van der Waals surface area (Å²) >= 11 is 0. The van der Waals surface area contributed by atoms with Gasteiger partial charge in [0.1, 0.15) is 17.7 Å². The van der Waals surface area contributed by atoms with Gasteiger partial charge in [-0.3, -0.25) is 14.5 Å². The van der Waals surface area contributed by atoms with E-state index in [4.69, 9.17) is 0 Å². The Morgan fingerprint density at radius 1 is 1.04 bits per heavy atom. The molecule has 45 heavy (non-hydrogen) atoms. The van der Waals surface area contributed by atoms with E-state index in [0.717, 1.165) is 17.5 Å². The van der Waals surface area contributed by atoms with Gasteiger partial charge in [-0.15, -0.1) is 0 Å². The molecule has 0 bridgehead atoms. The predicted octanol–water partition coefficient (Wildman–Crippen LogP) is 4.89. The van der Waals surface area contributed by atoms with Crippen molar-refractivity contribution >= 4 is 27.7 Å². The van der Waals surface area contributed by atoms with Crippen molar-refractivity contribution in [2.45, 2.75) is 31.6 Å². The van der Waals surface area contributed by atoms with Gasteiger partial charge in [0.05, 0.1) is 23.5 Å². The van der Waals surface area contributed by atoms with Crippen LogP contribution in [0.25, 0.3) is 5.69 Å². The lowest BCUT2D eigenvalue weighted by Gasteiger charge is -2.38. The molecule has 0 spiro atoms. The van der Waals surface area contributed by atoms with Gasteiger partial charge in [0, 0.05) is 29.0 Å². The monoisotopic (exact) mass is 641 g/mol.